The molecular formula is C17H16. The molecule has 0 heterocycles. The van der Waals surface area contributed by atoms with Gasteiger partial charge in [-0.1, -0.05) is 73.8 Å². The maximum absolute atomic E-state index is 3.79. The lowest BCUT2D eigenvalue weighted by molar-refractivity contribution is 1.19. The van der Waals surface area contributed by atoms with Crippen LogP contribution >= 0.6 is 0 Å². The van der Waals surface area contributed by atoms with Gasteiger partial charge in [0.05, 0.1) is 0 Å². The quantitative estimate of drug-likeness (QED) is 0.708. The topological polar surface area (TPSA) is 0 Å². The SMILES string of the molecule is C=Cc1ccc(Cc2cccc(C=C)c2)cc1. The fraction of sp³-hybridized carbons (Fsp3) is 0.0588. The maximum atomic E-state index is 3.79. The fourth-order valence-electron chi connectivity index (χ4n) is 1.84. The average molecular weight is 220 g/mol. The number of benzene rings is 2. The molecule has 0 saturated heterocycles. The van der Waals surface area contributed by atoms with Gasteiger partial charge in [0.25, 0.3) is 0 Å². The highest BCUT2D eigenvalue weighted by Gasteiger charge is 1.97. The molecule has 0 aliphatic carbocycles. The minimum atomic E-state index is 0.957. The van der Waals surface area contributed by atoms with Crippen LogP contribution in [-0.2, 0) is 6.42 Å². The summed E-state index contributed by atoms with van der Waals surface area (Å²) in [5.41, 5.74) is 4.96. The second-order valence-corrected chi connectivity index (χ2v) is 4.07. The predicted octanol–water partition coefficient (Wildman–Crippen LogP) is 4.56. The van der Waals surface area contributed by atoms with Crippen molar-refractivity contribution >= 4 is 12.2 Å². The van der Waals surface area contributed by atoms with E-state index in [2.05, 4.69) is 61.7 Å². The minimum Gasteiger partial charge on any atom is -0.0985 e. The maximum Gasteiger partial charge on any atom is -0.00256 e. The molecule has 0 aliphatic heterocycles. The highest BCUT2D eigenvalue weighted by molar-refractivity contribution is 5.50. The molecule has 0 amide bonds. The van der Waals surface area contributed by atoms with E-state index < -0.39 is 0 Å². The van der Waals surface area contributed by atoms with Gasteiger partial charge in [-0.25, -0.2) is 0 Å². The Balaban J connectivity index is 2.18. The second-order valence-electron chi connectivity index (χ2n) is 4.07. The molecular weight excluding hydrogens is 204 g/mol. The van der Waals surface area contributed by atoms with E-state index in [1.807, 2.05) is 12.2 Å². The summed E-state index contributed by atoms with van der Waals surface area (Å²) >= 11 is 0. The molecule has 0 saturated carbocycles. The summed E-state index contributed by atoms with van der Waals surface area (Å²) in [7, 11) is 0. The van der Waals surface area contributed by atoms with Crippen LogP contribution in [0.4, 0.5) is 0 Å². The molecule has 17 heavy (non-hydrogen) atoms. The summed E-state index contributed by atoms with van der Waals surface area (Å²) in [6.45, 7) is 7.55. The Morgan fingerprint density at radius 1 is 0.765 bits per heavy atom. The lowest BCUT2D eigenvalue weighted by atomic mass is 10.0. The van der Waals surface area contributed by atoms with Gasteiger partial charge in [-0.2, -0.15) is 0 Å². The first-order valence-electron chi connectivity index (χ1n) is 5.74. The first kappa shape index (κ1) is 11.4. The second kappa shape index (κ2) is 5.31. The van der Waals surface area contributed by atoms with Crippen molar-refractivity contribution in [2.75, 3.05) is 0 Å². The van der Waals surface area contributed by atoms with Gasteiger partial charge in [-0.3, -0.25) is 0 Å². The molecule has 2 aromatic carbocycles. The Morgan fingerprint density at radius 2 is 1.47 bits per heavy atom. The van der Waals surface area contributed by atoms with Crippen molar-refractivity contribution in [3.63, 3.8) is 0 Å². The predicted molar refractivity (Wildman–Crippen MR) is 75.9 cm³/mol. The lowest BCUT2D eigenvalue weighted by Crippen LogP contribution is -1.88. The van der Waals surface area contributed by atoms with Crippen molar-refractivity contribution in [3.8, 4) is 0 Å². The van der Waals surface area contributed by atoms with E-state index in [9.17, 15) is 0 Å². The smallest absolute Gasteiger partial charge is 0.00256 e. The van der Waals surface area contributed by atoms with Crippen LogP contribution in [0.2, 0.25) is 0 Å². The lowest BCUT2D eigenvalue weighted by Gasteiger charge is -2.04. The van der Waals surface area contributed by atoms with Crippen LogP contribution in [0.1, 0.15) is 22.3 Å². The summed E-state index contributed by atoms with van der Waals surface area (Å²) in [4.78, 5) is 0. The van der Waals surface area contributed by atoms with Crippen molar-refractivity contribution in [2.45, 2.75) is 6.42 Å². The van der Waals surface area contributed by atoms with Gasteiger partial charge in [0.2, 0.25) is 0 Å². The van der Waals surface area contributed by atoms with Gasteiger partial charge >= 0.3 is 0 Å². The largest absolute Gasteiger partial charge is 0.0985 e. The molecule has 0 fully saturated rings. The minimum absolute atomic E-state index is 0.957. The number of rotatable bonds is 4. The Hall–Kier alpha value is -2.08. The molecule has 0 aliphatic rings. The summed E-state index contributed by atoms with van der Waals surface area (Å²) in [6, 6.07) is 17.0. The third-order valence-electron chi connectivity index (χ3n) is 2.81. The van der Waals surface area contributed by atoms with E-state index in [0.717, 1.165) is 12.0 Å². The molecule has 2 aromatic rings. The first-order chi connectivity index (χ1) is 8.31. The highest BCUT2D eigenvalue weighted by atomic mass is 14.0. The Bertz CT molecular complexity index is 518. The highest BCUT2D eigenvalue weighted by Crippen LogP contribution is 2.13. The van der Waals surface area contributed by atoms with Crippen LogP contribution in [0, 0.1) is 0 Å². The van der Waals surface area contributed by atoms with Crippen LogP contribution in [0.3, 0.4) is 0 Å². The standard InChI is InChI=1S/C17H16/c1-3-14-8-10-16(11-9-14)13-17-7-5-6-15(4-2)12-17/h3-12H,1-2,13H2. The van der Waals surface area contributed by atoms with E-state index >= 15 is 0 Å². The number of hydrogen-bond acceptors (Lipinski definition) is 0. The van der Waals surface area contributed by atoms with Gasteiger partial charge in [-0.05, 0) is 28.7 Å². The van der Waals surface area contributed by atoms with Crippen molar-refractivity contribution in [1.82, 2.24) is 0 Å². The summed E-state index contributed by atoms with van der Waals surface area (Å²) in [6.07, 6.45) is 4.70. The zero-order valence-corrected chi connectivity index (χ0v) is 9.89. The molecule has 0 atom stereocenters. The fourth-order valence-corrected chi connectivity index (χ4v) is 1.84. The van der Waals surface area contributed by atoms with Crippen molar-refractivity contribution in [2.24, 2.45) is 0 Å². The van der Waals surface area contributed by atoms with Gasteiger partial charge in [0, 0.05) is 0 Å². The molecule has 84 valence electrons. The van der Waals surface area contributed by atoms with Crippen molar-refractivity contribution in [3.05, 3.63) is 83.9 Å². The summed E-state index contributed by atoms with van der Waals surface area (Å²) in [5.74, 6) is 0. The van der Waals surface area contributed by atoms with Crippen LogP contribution in [-0.4, -0.2) is 0 Å². The van der Waals surface area contributed by atoms with Crippen LogP contribution in [0.5, 0.6) is 0 Å². The van der Waals surface area contributed by atoms with E-state index in [1.165, 1.54) is 16.7 Å². The monoisotopic (exact) mass is 220 g/mol. The molecule has 2 rings (SSSR count). The normalized spacial score (nSPS) is 9.88. The molecule has 0 spiro atoms. The van der Waals surface area contributed by atoms with Gasteiger partial charge in [-0.15, -0.1) is 0 Å². The van der Waals surface area contributed by atoms with E-state index in [4.69, 9.17) is 0 Å². The number of hydrogen-bond donors (Lipinski definition) is 0. The van der Waals surface area contributed by atoms with Crippen molar-refractivity contribution in [1.29, 1.82) is 0 Å². The Morgan fingerprint density at radius 3 is 2.12 bits per heavy atom. The molecule has 0 unspecified atom stereocenters. The van der Waals surface area contributed by atoms with Crippen molar-refractivity contribution < 1.29 is 0 Å². The van der Waals surface area contributed by atoms with Gasteiger partial charge in [0.1, 0.15) is 0 Å². The Labute approximate surface area is 103 Å². The average Bonchev–Trinajstić information content (AvgIpc) is 2.40. The van der Waals surface area contributed by atoms with E-state index in [-0.39, 0.29) is 0 Å². The third kappa shape index (κ3) is 2.94. The van der Waals surface area contributed by atoms with Crippen LogP contribution < -0.4 is 0 Å². The third-order valence-corrected chi connectivity index (χ3v) is 2.81. The zero-order chi connectivity index (χ0) is 12.1. The van der Waals surface area contributed by atoms with E-state index in [1.54, 1.807) is 0 Å². The van der Waals surface area contributed by atoms with Gasteiger partial charge < -0.3 is 0 Å². The molecule has 0 radical (unpaired) electrons. The molecule has 0 bridgehead atoms. The van der Waals surface area contributed by atoms with Gasteiger partial charge in [0.15, 0.2) is 0 Å². The summed E-state index contributed by atoms with van der Waals surface area (Å²) in [5, 5.41) is 0. The van der Waals surface area contributed by atoms with E-state index in [0.29, 0.717) is 0 Å². The molecule has 0 aromatic heterocycles. The van der Waals surface area contributed by atoms with Crippen LogP contribution in [0.25, 0.3) is 12.2 Å². The molecule has 0 heteroatoms. The molecule has 0 nitrogen and oxygen atoms in total. The Kier molecular flexibility index (Phi) is 3.56. The summed E-state index contributed by atoms with van der Waals surface area (Å²) < 4.78 is 0. The van der Waals surface area contributed by atoms with Crippen LogP contribution in [0.15, 0.2) is 61.7 Å². The first-order valence-corrected chi connectivity index (χ1v) is 5.74. The molecule has 0 N–H and O–H groups in total. The zero-order valence-electron chi connectivity index (χ0n) is 9.89.